The zero-order chi connectivity index (χ0) is 17.0. The predicted octanol–water partition coefficient (Wildman–Crippen LogP) is 2.22. The Morgan fingerprint density at radius 2 is 1.83 bits per heavy atom. The molecule has 2 N–H and O–H groups in total. The zero-order valence-corrected chi connectivity index (χ0v) is 13.5. The minimum Gasteiger partial charge on any atom is -0.507 e. The van der Waals surface area contributed by atoms with E-state index in [1.54, 1.807) is 12.1 Å². The Balaban J connectivity index is 2.17. The highest BCUT2D eigenvalue weighted by molar-refractivity contribution is 7.89. The fourth-order valence-corrected chi connectivity index (χ4v) is 2.65. The molecule has 0 aromatic heterocycles. The fraction of sp³-hybridized carbons (Fsp3) is 0.125. The van der Waals surface area contributed by atoms with Crippen LogP contribution in [0.25, 0.3) is 0 Å². The maximum Gasteiger partial charge on any atom is 0.276 e. The second-order valence-electron chi connectivity index (χ2n) is 5.00. The number of nitrogens with one attached hydrogen (secondary N) is 1. The van der Waals surface area contributed by atoms with Gasteiger partial charge in [-0.15, -0.1) is 0 Å². The van der Waals surface area contributed by atoms with Crippen LogP contribution in [0.1, 0.15) is 28.4 Å². The molecule has 0 atom stereocenters. The molecule has 0 aliphatic carbocycles. The van der Waals surface area contributed by atoms with Crippen LogP contribution >= 0.6 is 0 Å². The average molecular weight is 332 g/mol. The van der Waals surface area contributed by atoms with E-state index in [4.69, 9.17) is 0 Å². The van der Waals surface area contributed by atoms with Crippen LogP contribution in [0.5, 0.6) is 5.75 Å². The lowest BCUT2D eigenvalue weighted by Gasteiger charge is -2.04. The van der Waals surface area contributed by atoms with E-state index in [0.29, 0.717) is 5.56 Å². The zero-order valence-electron chi connectivity index (χ0n) is 12.6. The van der Waals surface area contributed by atoms with Gasteiger partial charge in [0.05, 0.1) is 16.7 Å². The summed E-state index contributed by atoms with van der Waals surface area (Å²) in [5, 5.41) is 13.2. The first kappa shape index (κ1) is 16.7. The number of ketones is 1. The summed E-state index contributed by atoms with van der Waals surface area (Å²) in [7, 11) is -3.75. The maximum atomic E-state index is 12.0. The van der Waals surface area contributed by atoms with E-state index in [1.165, 1.54) is 43.5 Å². The number of hydrazone groups is 1. The van der Waals surface area contributed by atoms with E-state index in [1.807, 2.05) is 6.92 Å². The molecule has 7 heteroatoms. The van der Waals surface area contributed by atoms with Crippen LogP contribution in [0, 0.1) is 6.92 Å². The molecule has 0 bridgehead atoms. The molecule has 2 aromatic rings. The van der Waals surface area contributed by atoms with Crippen molar-refractivity contribution in [1.29, 1.82) is 0 Å². The summed E-state index contributed by atoms with van der Waals surface area (Å²) in [5.41, 5.74) is 1.59. The number of hydrogen-bond acceptors (Lipinski definition) is 5. The minimum atomic E-state index is -3.75. The van der Waals surface area contributed by atoms with Gasteiger partial charge in [0.1, 0.15) is 5.75 Å². The summed E-state index contributed by atoms with van der Waals surface area (Å²) >= 11 is 0. The molecule has 2 rings (SSSR count). The smallest absolute Gasteiger partial charge is 0.276 e. The molecular weight excluding hydrogens is 316 g/mol. The van der Waals surface area contributed by atoms with E-state index in [2.05, 4.69) is 9.93 Å². The lowest BCUT2D eigenvalue weighted by molar-refractivity contribution is 0.101. The van der Waals surface area contributed by atoms with Crippen molar-refractivity contribution in [3.63, 3.8) is 0 Å². The average Bonchev–Trinajstić information content (AvgIpc) is 2.49. The molecule has 120 valence electrons. The normalized spacial score (nSPS) is 11.6. The van der Waals surface area contributed by atoms with Gasteiger partial charge in [-0.3, -0.25) is 4.79 Å². The lowest BCUT2D eigenvalue weighted by Crippen LogP contribution is -2.18. The van der Waals surface area contributed by atoms with E-state index < -0.39 is 10.0 Å². The van der Waals surface area contributed by atoms with E-state index in [0.717, 1.165) is 5.56 Å². The van der Waals surface area contributed by atoms with Gasteiger partial charge in [0.25, 0.3) is 10.0 Å². The summed E-state index contributed by atoms with van der Waals surface area (Å²) in [5.74, 6) is -0.423. The van der Waals surface area contributed by atoms with Crippen LogP contribution in [0.2, 0.25) is 0 Å². The molecule has 0 unspecified atom stereocenters. The van der Waals surface area contributed by atoms with Crippen LogP contribution in [0.3, 0.4) is 0 Å². The summed E-state index contributed by atoms with van der Waals surface area (Å²) in [6, 6.07) is 10.7. The number of nitrogens with zero attached hydrogens (tertiary/aromatic N) is 1. The van der Waals surface area contributed by atoms with Crippen molar-refractivity contribution < 1.29 is 18.3 Å². The third-order valence-electron chi connectivity index (χ3n) is 3.12. The summed E-state index contributed by atoms with van der Waals surface area (Å²) in [6.45, 7) is 3.19. The van der Waals surface area contributed by atoms with Gasteiger partial charge in [0, 0.05) is 0 Å². The number of aromatic hydroxyl groups is 1. The minimum absolute atomic E-state index is 0.107. The van der Waals surface area contributed by atoms with Crippen LogP contribution in [-0.4, -0.2) is 25.5 Å². The van der Waals surface area contributed by atoms with E-state index in [9.17, 15) is 18.3 Å². The van der Waals surface area contributed by atoms with Gasteiger partial charge in [-0.25, -0.2) is 4.83 Å². The highest BCUT2D eigenvalue weighted by atomic mass is 32.2. The second-order valence-corrected chi connectivity index (χ2v) is 6.66. The third kappa shape index (κ3) is 4.17. The molecule has 0 aliphatic heterocycles. The molecule has 0 saturated heterocycles. The summed E-state index contributed by atoms with van der Waals surface area (Å²) in [4.78, 5) is 13.6. The van der Waals surface area contributed by atoms with Crippen molar-refractivity contribution in [2.45, 2.75) is 18.7 Å². The molecule has 2 aromatic carbocycles. The molecular formula is C16H16N2O4S. The number of sulfonamides is 1. The molecule has 0 amide bonds. The van der Waals surface area contributed by atoms with Crippen molar-refractivity contribution in [2.24, 2.45) is 5.10 Å². The van der Waals surface area contributed by atoms with Crippen molar-refractivity contribution in [3.05, 3.63) is 59.2 Å². The molecule has 6 nitrogen and oxygen atoms in total. The third-order valence-corrected chi connectivity index (χ3v) is 4.36. The number of phenols is 1. The molecule has 0 heterocycles. The lowest BCUT2D eigenvalue weighted by atomic mass is 10.1. The second kappa shape index (κ2) is 6.62. The predicted molar refractivity (Wildman–Crippen MR) is 87.2 cm³/mol. The van der Waals surface area contributed by atoms with Gasteiger partial charge < -0.3 is 5.11 Å². The van der Waals surface area contributed by atoms with Crippen LogP contribution < -0.4 is 4.83 Å². The Bertz CT molecular complexity index is 856. The van der Waals surface area contributed by atoms with Crippen LogP contribution in [0.15, 0.2) is 52.5 Å². The first-order chi connectivity index (χ1) is 10.8. The largest absolute Gasteiger partial charge is 0.507 e. The number of benzene rings is 2. The van der Waals surface area contributed by atoms with Crippen molar-refractivity contribution in [1.82, 2.24) is 4.83 Å². The van der Waals surface area contributed by atoms with Gasteiger partial charge in [0.15, 0.2) is 5.78 Å². The Labute approximate surface area is 134 Å². The van der Waals surface area contributed by atoms with E-state index >= 15 is 0 Å². The quantitative estimate of drug-likeness (QED) is 0.498. The van der Waals surface area contributed by atoms with Gasteiger partial charge >= 0.3 is 0 Å². The van der Waals surface area contributed by atoms with Crippen molar-refractivity contribution in [2.75, 3.05) is 0 Å². The van der Waals surface area contributed by atoms with Crippen LogP contribution in [-0.2, 0) is 10.0 Å². The number of carbonyl (C=O) groups is 1. The Hall–Kier alpha value is -2.67. The first-order valence-electron chi connectivity index (χ1n) is 6.75. The Morgan fingerprint density at radius 3 is 2.43 bits per heavy atom. The summed E-state index contributed by atoms with van der Waals surface area (Å²) in [6.07, 6.45) is 1.26. The van der Waals surface area contributed by atoms with Gasteiger partial charge in [-0.2, -0.15) is 13.5 Å². The van der Waals surface area contributed by atoms with Gasteiger partial charge in [-0.1, -0.05) is 17.7 Å². The summed E-state index contributed by atoms with van der Waals surface area (Å²) < 4.78 is 24.1. The molecule has 0 spiro atoms. The Kier molecular flexibility index (Phi) is 4.80. The highest BCUT2D eigenvalue weighted by Crippen LogP contribution is 2.18. The number of aryl methyl sites for hydroxylation is 1. The van der Waals surface area contributed by atoms with Gasteiger partial charge in [0.2, 0.25) is 0 Å². The number of Topliss-reactive ketones (excluding diaryl/α,β-unsaturated/α-hetero) is 1. The number of hydrogen-bond donors (Lipinski definition) is 2. The van der Waals surface area contributed by atoms with Gasteiger partial charge in [-0.05, 0) is 49.7 Å². The monoisotopic (exact) mass is 332 g/mol. The highest BCUT2D eigenvalue weighted by Gasteiger charge is 2.12. The standard InChI is InChI=1S/C16H16N2O4S/c1-11-3-6-14(7-4-11)23(21,22)18-17-10-13-5-8-16(20)15(9-13)12(2)19/h3-10,18,20H,1-2H3/b17-10+. The first-order valence-corrected chi connectivity index (χ1v) is 8.23. The topological polar surface area (TPSA) is 95.8 Å². The maximum absolute atomic E-state index is 12.0. The van der Waals surface area contributed by atoms with Crippen molar-refractivity contribution in [3.8, 4) is 5.75 Å². The number of rotatable bonds is 5. The molecule has 23 heavy (non-hydrogen) atoms. The van der Waals surface area contributed by atoms with Crippen LogP contribution in [0.4, 0.5) is 0 Å². The fourth-order valence-electron chi connectivity index (χ4n) is 1.86. The Morgan fingerprint density at radius 1 is 1.17 bits per heavy atom. The molecule has 0 aliphatic rings. The molecule has 0 fully saturated rings. The number of carbonyl (C=O) groups excluding carboxylic acids is 1. The number of phenolic OH excluding ortho intramolecular Hbond substituents is 1. The molecule has 0 saturated carbocycles. The van der Waals surface area contributed by atoms with Crippen molar-refractivity contribution >= 4 is 22.0 Å². The SMILES string of the molecule is CC(=O)c1cc(/C=N/NS(=O)(=O)c2ccc(C)cc2)ccc1O. The van der Waals surface area contributed by atoms with E-state index in [-0.39, 0.29) is 22.0 Å². The molecule has 0 radical (unpaired) electrons.